The van der Waals surface area contributed by atoms with Crippen LogP contribution in [0.5, 0.6) is 5.75 Å². The lowest BCUT2D eigenvalue weighted by molar-refractivity contribution is 0.235. The minimum atomic E-state index is -3.24. The molecule has 2 aromatic rings. The summed E-state index contributed by atoms with van der Waals surface area (Å²) in [7, 11) is -1.55. The molecule has 1 aliphatic heterocycles. The van der Waals surface area contributed by atoms with E-state index in [1.54, 1.807) is 31.3 Å². The molecule has 0 aliphatic carbocycles. The fraction of sp³-hybridized carbons (Fsp3) is 0.350. The van der Waals surface area contributed by atoms with Gasteiger partial charge < -0.3 is 15.4 Å². The predicted octanol–water partition coefficient (Wildman–Crippen LogP) is 2.64. The lowest BCUT2D eigenvalue weighted by Crippen LogP contribution is -2.42. The summed E-state index contributed by atoms with van der Waals surface area (Å²) >= 11 is 0. The highest BCUT2D eigenvalue weighted by atomic mass is 127. The molecule has 1 atom stereocenters. The molecule has 0 spiro atoms. The van der Waals surface area contributed by atoms with E-state index >= 15 is 0 Å². The molecule has 6 nitrogen and oxygen atoms in total. The standard InChI is InChI=1S/C20H25N3O3S.HI/c1-21-20(23-15-17-14-16-8-5-6-11-19(16)26-17)22-12-7-13-27(24,25)18-9-3-2-4-10-18;/h2-6,8-11,17H,7,12-15H2,1H3,(H2,21,22,23);1H. The molecular formula is C20H26IN3O3S. The van der Waals surface area contributed by atoms with Gasteiger partial charge in [0.2, 0.25) is 0 Å². The molecular weight excluding hydrogens is 489 g/mol. The summed E-state index contributed by atoms with van der Waals surface area (Å²) in [6.45, 7) is 1.16. The van der Waals surface area contributed by atoms with Gasteiger partial charge in [0, 0.05) is 20.0 Å². The smallest absolute Gasteiger partial charge is 0.191 e. The topological polar surface area (TPSA) is 79.8 Å². The van der Waals surface area contributed by atoms with E-state index in [1.165, 1.54) is 5.56 Å². The van der Waals surface area contributed by atoms with Crippen molar-refractivity contribution in [2.24, 2.45) is 4.99 Å². The van der Waals surface area contributed by atoms with Crippen LogP contribution < -0.4 is 15.4 Å². The van der Waals surface area contributed by atoms with E-state index in [9.17, 15) is 8.42 Å². The molecule has 0 saturated carbocycles. The zero-order chi connectivity index (χ0) is 19.1. The normalized spacial score (nSPS) is 15.9. The first-order valence-corrected chi connectivity index (χ1v) is 10.7. The Morgan fingerprint density at radius 2 is 1.82 bits per heavy atom. The Balaban J connectivity index is 0.00000280. The van der Waals surface area contributed by atoms with Gasteiger partial charge in [0.1, 0.15) is 11.9 Å². The number of benzene rings is 2. The molecule has 0 aromatic heterocycles. The number of hydrogen-bond acceptors (Lipinski definition) is 4. The Labute approximate surface area is 183 Å². The van der Waals surface area contributed by atoms with Crippen molar-refractivity contribution < 1.29 is 13.2 Å². The highest BCUT2D eigenvalue weighted by Crippen LogP contribution is 2.27. The number of hydrogen-bond donors (Lipinski definition) is 2. The summed E-state index contributed by atoms with van der Waals surface area (Å²) in [4.78, 5) is 4.55. The maximum atomic E-state index is 12.3. The maximum absolute atomic E-state index is 12.3. The van der Waals surface area contributed by atoms with Gasteiger partial charge >= 0.3 is 0 Å². The van der Waals surface area contributed by atoms with Gasteiger partial charge in [0.05, 0.1) is 17.2 Å². The molecule has 0 amide bonds. The minimum absolute atomic E-state index is 0. The Morgan fingerprint density at radius 3 is 2.54 bits per heavy atom. The Bertz CT molecular complexity index is 864. The fourth-order valence-corrected chi connectivity index (χ4v) is 4.35. The van der Waals surface area contributed by atoms with Crippen molar-refractivity contribution in [1.29, 1.82) is 0 Å². The number of guanidine groups is 1. The van der Waals surface area contributed by atoms with E-state index in [0.29, 0.717) is 30.4 Å². The SMILES string of the molecule is CN=C(NCCCS(=O)(=O)c1ccccc1)NCC1Cc2ccccc2O1.I. The van der Waals surface area contributed by atoms with Gasteiger partial charge in [0.25, 0.3) is 0 Å². The number of halogens is 1. The molecule has 0 bridgehead atoms. The molecule has 1 aliphatic rings. The summed E-state index contributed by atoms with van der Waals surface area (Å²) in [6, 6.07) is 16.6. The number of aliphatic imine (C=N–C) groups is 1. The molecule has 2 N–H and O–H groups in total. The van der Waals surface area contributed by atoms with Gasteiger partial charge in [0.15, 0.2) is 15.8 Å². The minimum Gasteiger partial charge on any atom is -0.488 e. The van der Waals surface area contributed by atoms with Crippen molar-refractivity contribution in [3.63, 3.8) is 0 Å². The van der Waals surface area contributed by atoms with Crippen LogP contribution in [0.1, 0.15) is 12.0 Å². The average molecular weight is 515 g/mol. The zero-order valence-corrected chi connectivity index (χ0v) is 18.9. The number of para-hydroxylation sites is 1. The molecule has 0 radical (unpaired) electrons. The van der Waals surface area contributed by atoms with Crippen LogP contribution in [0.15, 0.2) is 64.5 Å². The first kappa shape index (κ1) is 22.5. The number of sulfone groups is 1. The molecule has 1 unspecified atom stereocenters. The summed E-state index contributed by atoms with van der Waals surface area (Å²) in [6.07, 6.45) is 1.44. The fourth-order valence-electron chi connectivity index (χ4n) is 3.01. The van der Waals surface area contributed by atoms with Gasteiger partial charge in [-0.2, -0.15) is 0 Å². The van der Waals surface area contributed by atoms with Crippen LogP contribution in [0.3, 0.4) is 0 Å². The van der Waals surface area contributed by atoms with Crippen molar-refractivity contribution in [3.8, 4) is 5.75 Å². The Hall–Kier alpha value is -1.81. The molecule has 0 saturated heterocycles. The van der Waals surface area contributed by atoms with E-state index in [-0.39, 0.29) is 35.8 Å². The van der Waals surface area contributed by atoms with Gasteiger partial charge in [-0.15, -0.1) is 24.0 Å². The van der Waals surface area contributed by atoms with Gasteiger partial charge in [-0.25, -0.2) is 8.42 Å². The van der Waals surface area contributed by atoms with Gasteiger partial charge in [-0.05, 0) is 30.2 Å². The second-order valence-electron chi connectivity index (χ2n) is 6.42. The van der Waals surface area contributed by atoms with Crippen LogP contribution in [0.4, 0.5) is 0 Å². The van der Waals surface area contributed by atoms with Crippen molar-refractivity contribution in [1.82, 2.24) is 10.6 Å². The highest BCUT2D eigenvalue weighted by molar-refractivity contribution is 14.0. The van der Waals surface area contributed by atoms with Crippen LogP contribution in [-0.2, 0) is 16.3 Å². The largest absolute Gasteiger partial charge is 0.488 e. The lowest BCUT2D eigenvalue weighted by Gasteiger charge is -2.15. The van der Waals surface area contributed by atoms with E-state index in [0.717, 1.165) is 12.2 Å². The van der Waals surface area contributed by atoms with E-state index in [4.69, 9.17) is 4.74 Å². The summed E-state index contributed by atoms with van der Waals surface area (Å²) < 4.78 is 30.4. The average Bonchev–Trinajstić information content (AvgIpc) is 3.11. The number of rotatable bonds is 7. The summed E-state index contributed by atoms with van der Waals surface area (Å²) in [5, 5.41) is 6.40. The monoisotopic (exact) mass is 515 g/mol. The maximum Gasteiger partial charge on any atom is 0.191 e. The first-order valence-electron chi connectivity index (χ1n) is 9.05. The lowest BCUT2D eigenvalue weighted by atomic mass is 10.1. The van der Waals surface area contributed by atoms with Crippen LogP contribution in [0, 0.1) is 0 Å². The third kappa shape index (κ3) is 6.10. The number of fused-ring (bicyclic) bond motifs is 1. The number of ether oxygens (including phenoxy) is 1. The first-order chi connectivity index (χ1) is 13.1. The molecule has 8 heteroatoms. The second kappa shape index (κ2) is 10.7. The Morgan fingerprint density at radius 1 is 1.11 bits per heavy atom. The zero-order valence-electron chi connectivity index (χ0n) is 15.8. The second-order valence-corrected chi connectivity index (χ2v) is 8.53. The highest BCUT2D eigenvalue weighted by Gasteiger charge is 2.22. The molecule has 28 heavy (non-hydrogen) atoms. The summed E-state index contributed by atoms with van der Waals surface area (Å²) in [5.41, 5.74) is 1.22. The number of nitrogens with one attached hydrogen (secondary N) is 2. The molecule has 2 aromatic carbocycles. The van der Waals surface area contributed by atoms with Crippen molar-refractivity contribution in [3.05, 3.63) is 60.2 Å². The Kier molecular flexibility index (Phi) is 8.56. The quantitative estimate of drug-likeness (QED) is 0.257. The van der Waals surface area contributed by atoms with Crippen LogP contribution in [-0.4, -0.2) is 46.4 Å². The molecule has 3 rings (SSSR count). The predicted molar refractivity (Wildman–Crippen MR) is 122 cm³/mol. The van der Waals surface area contributed by atoms with Crippen LogP contribution >= 0.6 is 24.0 Å². The molecule has 152 valence electrons. The van der Waals surface area contributed by atoms with Crippen molar-refractivity contribution in [2.45, 2.75) is 23.8 Å². The molecule has 0 fully saturated rings. The van der Waals surface area contributed by atoms with Crippen LogP contribution in [0.25, 0.3) is 0 Å². The summed E-state index contributed by atoms with van der Waals surface area (Å²) in [5.74, 6) is 1.69. The van der Waals surface area contributed by atoms with E-state index in [2.05, 4.69) is 21.7 Å². The van der Waals surface area contributed by atoms with E-state index < -0.39 is 9.84 Å². The third-order valence-corrected chi connectivity index (χ3v) is 6.24. The molecule has 1 heterocycles. The van der Waals surface area contributed by atoms with Crippen molar-refractivity contribution >= 4 is 39.8 Å². The van der Waals surface area contributed by atoms with Crippen molar-refractivity contribution in [2.75, 3.05) is 25.9 Å². The van der Waals surface area contributed by atoms with Crippen LogP contribution in [0.2, 0.25) is 0 Å². The van der Waals surface area contributed by atoms with Gasteiger partial charge in [-0.1, -0.05) is 36.4 Å². The van der Waals surface area contributed by atoms with E-state index in [1.807, 2.05) is 24.3 Å². The third-order valence-electron chi connectivity index (χ3n) is 4.42. The van der Waals surface area contributed by atoms with Gasteiger partial charge in [-0.3, -0.25) is 4.99 Å². The number of nitrogens with zero attached hydrogens (tertiary/aromatic N) is 1.